The number of aliphatic imine (C=N–C) groups is 1. The Labute approximate surface area is 170 Å². The number of ether oxygens (including phenoxy) is 1. The van der Waals surface area contributed by atoms with Crippen LogP contribution in [0, 0.1) is 11.8 Å². The molecule has 8 heteroatoms. The van der Waals surface area contributed by atoms with Gasteiger partial charge in [-0.15, -0.1) is 0 Å². The highest BCUT2D eigenvalue weighted by Gasteiger charge is 2.37. The molecule has 29 heavy (non-hydrogen) atoms. The number of hydrogen-bond donors (Lipinski definition) is 1. The molecular formula is C21H28N4O4. The van der Waals surface area contributed by atoms with Crippen LogP contribution in [0.3, 0.4) is 0 Å². The van der Waals surface area contributed by atoms with Crippen LogP contribution in [0.4, 0.5) is 0 Å². The molecule has 0 spiro atoms. The van der Waals surface area contributed by atoms with Crippen molar-refractivity contribution < 1.29 is 19.1 Å². The molecular weight excluding hydrogens is 372 g/mol. The Morgan fingerprint density at radius 1 is 1.17 bits per heavy atom. The van der Waals surface area contributed by atoms with Crippen LogP contribution in [0.1, 0.15) is 40.5 Å². The molecule has 1 aromatic rings. The van der Waals surface area contributed by atoms with Crippen LogP contribution in [-0.2, 0) is 9.53 Å². The van der Waals surface area contributed by atoms with Gasteiger partial charge in [-0.1, -0.05) is 19.1 Å². The molecule has 0 aromatic heterocycles. The maximum Gasteiger partial charge on any atom is 0.310 e. The highest BCUT2D eigenvalue weighted by molar-refractivity contribution is 6.21. The van der Waals surface area contributed by atoms with E-state index in [1.807, 2.05) is 6.92 Å². The van der Waals surface area contributed by atoms with E-state index >= 15 is 0 Å². The molecule has 3 rings (SSSR count). The molecule has 1 saturated heterocycles. The average molecular weight is 400 g/mol. The van der Waals surface area contributed by atoms with Gasteiger partial charge >= 0.3 is 5.97 Å². The van der Waals surface area contributed by atoms with Crippen LogP contribution >= 0.6 is 0 Å². The van der Waals surface area contributed by atoms with E-state index in [-0.39, 0.29) is 29.6 Å². The number of esters is 1. The van der Waals surface area contributed by atoms with Crippen LogP contribution in [0.25, 0.3) is 0 Å². The second-order valence-corrected chi connectivity index (χ2v) is 7.50. The van der Waals surface area contributed by atoms with Gasteiger partial charge in [-0.2, -0.15) is 0 Å². The van der Waals surface area contributed by atoms with Crippen molar-refractivity contribution in [2.45, 2.75) is 19.8 Å². The standard InChI is InChI=1S/C21H28N4O4/c1-14-12-24(13-17(14)20(28)29-3)21(22-2)23-10-6-7-11-25-18(26)15-8-4-5-9-16(15)19(25)27/h4-5,8-9,14,17H,6-7,10-13H2,1-3H3,(H,22,23). The lowest BCUT2D eigenvalue weighted by Gasteiger charge is -2.21. The van der Waals surface area contributed by atoms with Crippen LogP contribution in [0.5, 0.6) is 0 Å². The van der Waals surface area contributed by atoms with Crippen LogP contribution in [-0.4, -0.2) is 73.9 Å². The van der Waals surface area contributed by atoms with E-state index in [0.29, 0.717) is 37.2 Å². The third-order valence-electron chi connectivity index (χ3n) is 5.60. The van der Waals surface area contributed by atoms with E-state index in [9.17, 15) is 14.4 Å². The number of nitrogens with one attached hydrogen (secondary N) is 1. The molecule has 2 aliphatic rings. The third-order valence-corrected chi connectivity index (χ3v) is 5.60. The van der Waals surface area contributed by atoms with E-state index < -0.39 is 0 Å². The maximum atomic E-state index is 12.4. The highest BCUT2D eigenvalue weighted by Crippen LogP contribution is 2.24. The number of benzene rings is 1. The molecule has 1 fully saturated rings. The second-order valence-electron chi connectivity index (χ2n) is 7.50. The van der Waals surface area contributed by atoms with Crippen molar-refractivity contribution in [2.24, 2.45) is 16.8 Å². The van der Waals surface area contributed by atoms with Crippen LogP contribution in [0.2, 0.25) is 0 Å². The molecule has 0 aliphatic carbocycles. The first kappa shape index (κ1) is 20.8. The summed E-state index contributed by atoms with van der Waals surface area (Å²) in [4.78, 5) is 44.3. The number of methoxy groups -OCH3 is 1. The van der Waals surface area contributed by atoms with Gasteiger partial charge in [0, 0.05) is 33.2 Å². The molecule has 0 radical (unpaired) electrons. The molecule has 156 valence electrons. The zero-order chi connectivity index (χ0) is 21.0. The van der Waals surface area contributed by atoms with Crippen molar-refractivity contribution in [1.29, 1.82) is 0 Å². The predicted molar refractivity (Wildman–Crippen MR) is 109 cm³/mol. The minimum Gasteiger partial charge on any atom is -0.469 e. The van der Waals surface area contributed by atoms with Crippen molar-refractivity contribution in [3.05, 3.63) is 35.4 Å². The monoisotopic (exact) mass is 400 g/mol. The third kappa shape index (κ3) is 4.26. The van der Waals surface area contributed by atoms with E-state index in [0.717, 1.165) is 18.9 Å². The number of fused-ring (bicyclic) bond motifs is 1. The minimum absolute atomic E-state index is 0.146. The van der Waals surface area contributed by atoms with Gasteiger partial charge in [-0.25, -0.2) is 0 Å². The first-order valence-corrected chi connectivity index (χ1v) is 9.96. The Hall–Kier alpha value is -2.90. The van der Waals surface area contributed by atoms with Gasteiger partial charge in [0.1, 0.15) is 0 Å². The summed E-state index contributed by atoms with van der Waals surface area (Å²) >= 11 is 0. The lowest BCUT2D eigenvalue weighted by atomic mass is 9.99. The minimum atomic E-state index is -0.214. The van der Waals surface area contributed by atoms with Gasteiger partial charge in [-0.3, -0.25) is 24.3 Å². The van der Waals surface area contributed by atoms with Crippen molar-refractivity contribution in [3.63, 3.8) is 0 Å². The highest BCUT2D eigenvalue weighted by atomic mass is 16.5. The number of carbonyl (C=O) groups excluding carboxylic acids is 3. The Morgan fingerprint density at radius 2 is 1.83 bits per heavy atom. The Morgan fingerprint density at radius 3 is 2.41 bits per heavy atom. The van der Waals surface area contributed by atoms with Crippen LogP contribution < -0.4 is 5.32 Å². The zero-order valence-electron chi connectivity index (χ0n) is 17.2. The average Bonchev–Trinajstić information content (AvgIpc) is 3.23. The number of amides is 2. The van der Waals surface area contributed by atoms with Crippen molar-refractivity contribution >= 4 is 23.7 Å². The largest absolute Gasteiger partial charge is 0.469 e. The molecule has 2 atom stereocenters. The topological polar surface area (TPSA) is 91.3 Å². The molecule has 2 unspecified atom stereocenters. The maximum absolute atomic E-state index is 12.4. The number of imide groups is 1. The van der Waals surface area contributed by atoms with E-state index in [2.05, 4.69) is 15.2 Å². The molecule has 2 aliphatic heterocycles. The second kappa shape index (κ2) is 9.07. The predicted octanol–water partition coefficient (Wildman–Crippen LogP) is 1.38. The van der Waals surface area contributed by atoms with Crippen LogP contribution in [0.15, 0.2) is 29.3 Å². The molecule has 2 heterocycles. The SMILES string of the molecule is CN=C(NCCCCN1C(=O)c2ccccc2C1=O)N1CC(C)C(C(=O)OC)C1. The van der Waals surface area contributed by atoms with Gasteiger partial charge in [0.25, 0.3) is 11.8 Å². The van der Waals surface area contributed by atoms with Gasteiger partial charge in [-0.05, 0) is 30.9 Å². The Bertz CT molecular complexity index is 788. The van der Waals surface area contributed by atoms with Crippen molar-refractivity contribution in [1.82, 2.24) is 15.1 Å². The first-order chi connectivity index (χ1) is 14.0. The van der Waals surface area contributed by atoms with Crippen molar-refractivity contribution in [2.75, 3.05) is 40.3 Å². The summed E-state index contributed by atoms with van der Waals surface area (Å²) in [5.74, 6) is 0.200. The summed E-state index contributed by atoms with van der Waals surface area (Å²) in [5.41, 5.74) is 0.971. The quantitative estimate of drug-likeness (QED) is 0.255. The fourth-order valence-corrected chi connectivity index (χ4v) is 3.97. The summed E-state index contributed by atoms with van der Waals surface area (Å²) in [7, 11) is 3.14. The van der Waals surface area contributed by atoms with E-state index in [4.69, 9.17) is 4.74 Å². The van der Waals surface area contributed by atoms with Gasteiger partial charge < -0.3 is 15.0 Å². The van der Waals surface area contributed by atoms with E-state index in [1.165, 1.54) is 12.0 Å². The summed E-state index contributed by atoms with van der Waals surface area (Å²) < 4.78 is 4.88. The summed E-state index contributed by atoms with van der Waals surface area (Å²) in [6.45, 7) is 4.44. The number of rotatable bonds is 6. The van der Waals surface area contributed by atoms with E-state index in [1.54, 1.807) is 31.3 Å². The number of unbranched alkanes of at least 4 members (excludes halogenated alkanes) is 1. The molecule has 1 N–H and O–H groups in total. The fraction of sp³-hybridized carbons (Fsp3) is 0.524. The molecule has 1 aromatic carbocycles. The number of guanidine groups is 1. The lowest BCUT2D eigenvalue weighted by Crippen LogP contribution is -2.41. The first-order valence-electron chi connectivity index (χ1n) is 9.96. The number of likely N-dealkylation sites (tertiary alicyclic amines) is 1. The normalized spacial score (nSPS) is 21.6. The number of hydrogen-bond acceptors (Lipinski definition) is 5. The molecule has 0 bridgehead atoms. The molecule has 2 amide bonds. The van der Waals surface area contributed by atoms with Crippen molar-refractivity contribution in [3.8, 4) is 0 Å². The van der Waals surface area contributed by atoms with Gasteiger partial charge in [0.15, 0.2) is 5.96 Å². The Balaban J connectivity index is 1.43. The fourth-order valence-electron chi connectivity index (χ4n) is 3.97. The molecule has 8 nitrogen and oxygen atoms in total. The number of carbonyl (C=O) groups is 3. The summed E-state index contributed by atoms with van der Waals surface area (Å²) in [6, 6.07) is 6.93. The number of nitrogens with zero attached hydrogens (tertiary/aromatic N) is 3. The van der Waals surface area contributed by atoms with Gasteiger partial charge in [0.2, 0.25) is 0 Å². The molecule has 0 saturated carbocycles. The Kier molecular flexibility index (Phi) is 6.51. The van der Waals surface area contributed by atoms with Gasteiger partial charge in [0.05, 0.1) is 24.2 Å². The summed E-state index contributed by atoms with van der Waals surface area (Å²) in [6.07, 6.45) is 1.49. The zero-order valence-corrected chi connectivity index (χ0v) is 17.2. The lowest BCUT2D eigenvalue weighted by molar-refractivity contribution is -0.146. The summed E-state index contributed by atoms with van der Waals surface area (Å²) in [5, 5.41) is 3.31. The smallest absolute Gasteiger partial charge is 0.310 e.